The van der Waals surface area contributed by atoms with E-state index in [0.717, 1.165) is 34.8 Å². The predicted octanol–water partition coefficient (Wildman–Crippen LogP) is 8.27. The molecule has 1 aromatic carbocycles. The van der Waals surface area contributed by atoms with Crippen LogP contribution in [0.1, 0.15) is 84.7 Å². The number of piperidine rings is 2. The molecule has 2 fully saturated rings. The van der Waals surface area contributed by atoms with Gasteiger partial charge in [0.25, 0.3) is 18.4 Å². The van der Waals surface area contributed by atoms with Crippen LogP contribution in [0.4, 0.5) is 30.7 Å². The number of alkyl halides is 6. The predicted molar refractivity (Wildman–Crippen MR) is 185 cm³/mol. The summed E-state index contributed by atoms with van der Waals surface area (Å²) in [5, 5.41) is 10.1. The number of carboxylic acid groups (broad SMARTS) is 1. The van der Waals surface area contributed by atoms with Crippen molar-refractivity contribution in [3.8, 4) is 18.1 Å². The fourth-order valence-corrected chi connectivity index (χ4v) is 7.99. The number of nitrogens with zero attached hydrogens (tertiary/aromatic N) is 4. The monoisotopic (exact) mass is 799 g/mol. The number of rotatable bonds is 12. The summed E-state index contributed by atoms with van der Waals surface area (Å²) in [6, 6.07) is 3.89. The average Bonchev–Trinajstić information content (AvgIpc) is 3.63. The first-order valence-corrected chi connectivity index (χ1v) is 18.4. The molecule has 1 N–H and O–H groups in total. The van der Waals surface area contributed by atoms with Crippen molar-refractivity contribution in [1.29, 1.82) is 0 Å². The van der Waals surface area contributed by atoms with Gasteiger partial charge in [-0.25, -0.2) is 4.39 Å². The van der Waals surface area contributed by atoms with Crippen LogP contribution in [0.5, 0.6) is 11.5 Å². The lowest BCUT2D eigenvalue weighted by molar-refractivity contribution is -0.160. The zero-order valence-corrected chi connectivity index (χ0v) is 30.4. The van der Waals surface area contributed by atoms with Crippen LogP contribution in [0.3, 0.4) is 0 Å². The summed E-state index contributed by atoms with van der Waals surface area (Å²) in [5.74, 6) is -3.53. The highest BCUT2D eigenvalue weighted by Gasteiger charge is 2.58. The Balaban J connectivity index is 1.51. The largest absolute Gasteiger partial charge is 0.493 e. The van der Waals surface area contributed by atoms with E-state index in [9.17, 15) is 45.1 Å². The third-order valence-corrected chi connectivity index (χ3v) is 10.9. The molecule has 0 saturated carbocycles. The van der Waals surface area contributed by atoms with Crippen LogP contribution in [0.15, 0.2) is 48.1 Å². The maximum absolute atomic E-state index is 14.9. The summed E-state index contributed by atoms with van der Waals surface area (Å²) < 4.78 is 110. The molecular weight excluding hydrogens is 761 g/mol. The van der Waals surface area contributed by atoms with Gasteiger partial charge in [-0.2, -0.15) is 26.3 Å². The second-order valence-corrected chi connectivity index (χ2v) is 14.3. The van der Waals surface area contributed by atoms with Crippen molar-refractivity contribution in [2.24, 2.45) is 0 Å². The van der Waals surface area contributed by atoms with Gasteiger partial charge in [0.2, 0.25) is 5.60 Å². The summed E-state index contributed by atoms with van der Waals surface area (Å²) in [7, 11) is 0. The molecule has 3 aromatic rings. The lowest BCUT2D eigenvalue weighted by Crippen LogP contribution is -2.68. The standard InChI is InChI=1S/C37H37F7N4O6S/c1-3-6-29-35(54-24-20-30(55-22-24)37(42,43)44,11-5-15-48(29)32(51)25-21-46-14-10-26(25)36(39,40)41)33(52)47-16-12-34(45-2,13-17-47)27-19-23(38)8-9-28(27)53-18-4-7-31(49)50/h2,8-10,14,19-22,29H,3-7,11-13,15-18H2,1H3/p+1. The number of carboxylic acids is 1. The van der Waals surface area contributed by atoms with Gasteiger partial charge in [-0.15, -0.1) is 11.3 Å². The van der Waals surface area contributed by atoms with Crippen LogP contribution in [0.25, 0.3) is 4.85 Å². The van der Waals surface area contributed by atoms with E-state index in [1.54, 1.807) is 6.92 Å². The van der Waals surface area contributed by atoms with Crippen molar-refractivity contribution in [1.82, 2.24) is 14.8 Å². The van der Waals surface area contributed by atoms with Crippen molar-refractivity contribution in [2.75, 3.05) is 26.2 Å². The molecular formula is C37H38F7N4O6S+. The van der Waals surface area contributed by atoms with E-state index in [1.165, 1.54) is 17.0 Å². The van der Waals surface area contributed by atoms with Crippen molar-refractivity contribution in [3.63, 3.8) is 0 Å². The van der Waals surface area contributed by atoms with Crippen LogP contribution >= 0.6 is 11.3 Å². The number of benzene rings is 1. The molecule has 0 bridgehead atoms. The minimum atomic E-state index is -4.92. The van der Waals surface area contributed by atoms with E-state index in [4.69, 9.17) is 21.2 Å². The molecule has 5 rings (SSSR count). The fourth-order valence-electron chi connectivity index (χ4n) is 7.31. The molecule has 296 valence electrons. The van der Waals surface area contributed by atoms with E-state index in [1.807, 2.05) is 0 Å². The maximum Gasteiger partial charge on any atom is 0.425 e. The Bertz CT molecular complexity index is 1920. The number of hydrogen-bond acceptors (Lipinski definition) is 7. The van der Waals surface area contributed by atoms with Gasteiger partial charge in [0.1, 0.15) is 22.2 Å². The highest BCUT2D eigenvalue weighted by molar-refractivity contribution is 7.10. The van der Waals surface area contributed by atoms with Gasteiger partial charge in [-0.3, -0.25) is 19.4 Å². The molecule has 0 spiro atoms. The van der Waals surface area contributed by atoms with Crippen molar-refractivity contribution in [2.45, 2.75) is 87.8 Å². The Labute approximate surface area is 315 Å². The number of thiophene rings is 1. The highest BCUT2D eigenvalue weighted by atomic mass is 32.1. The van der Waals surface area contributed by atoms with Crippen molar-refractivity contribution >= 4 is 29.1 Å². The van der Waals surface area contributed by atoms with E-state index in [-0.39, 0.29) is 88.2 Å². The smallest absolute Gasteiger partial charge is 0.425 e. The van der Waals surface area contributed by atoms with Crippen LogP contribution in [-0.4, -0.2) is 75.6 Å². The van der Waals surface area contributed by atoms with Crippen molar-refractivity contribution < 1.29 is 59.7 Å². The third kappa shape index (κ3) is 8.82. The van der Waals surface area contributed by atoms with E-state index in [2.05, 4.69) is 9.83 Å². The van der Waals surface area contributed by atoms with Crippen LogP contribution in [0, 0.1) is 12.4 Å². The molecule has 2 aromatic heterocycles. The van der Waals surface area contributed by atoms with Gasteiger partial charge >= 0.3 is 23.9 Å². The zero-order chi connectivity index (χ0) is 40.2. The van der Waals surface area contributed by atoms with Crippen molar-refractivity contribution in [3.05, 3.63) is 80.3 Å². The van der Waals surface area contributed by atoms with Gasteiger partial charge in [0.15, 0.2) is 0 Å². The quantitative estimate of drug-likeness (QED) is 0.145. The first kappa shape index (κ1) is 41.2. The topological polar surface area (TPSA) is 114 Å². The highest BCUT2D eigenvalue weighted by Crippen LogP contribution is 2.46. The number of pyridine rings is 1. The van der Waals surface area contributed by atoms with Crippen LogP contribution in [0.2, 0.25) is 0 Å². The number of amides is 2. The second kappa shape index (κ2) is 16.4. The maximum atomic E-state index is 14.9. The first-order valence-electron chi connectivity index (χ1n) is 17.5. The normalized spacial score (nSPS) is 20.1. The van der Waals surface area contributed by atoms with Gasteiger partial charge in [0.05, 0.1) is 42.2 Å². The first-order chi connectivity index (χ1) is 26.0. The van der Waals surface area contributed by atoms with Gasteiger partial charge < -0.3 is 24.4 Å². The second-order valence-electron chi connectivity index (χ2n) is 13.4. The molecule has 2 unspecified atom stereocenters. The SMILES string of the molecule is C#[N+]C1(c2cc(F)ccc2OCCCC(=O)O)CCN(C(=O)C2(Oc3csc(C(F)(F)F)c3)CCCN(C(=O)c3cnccc3C(F)(F)F)C2CCC)CC1. The number of likely N-dealkylation sites (tertiary alicyclic amines) is 2. The number of carbonyl (C=O) groups is 3. The molecule has 0 aliphatic carbocycles. The zero-order valence-electron chi connectivity index (χ0n) is 29.6. The lowest BCUT2D eigenvalue weighted by atomic mass is 9.77. The van der Waals surface area contributed by atoms with Crippen LogP contribution < -0.4 is 9.47 Å². The number of aliphatic carboxylic acids is 1. The summed E-state index contributed by atoms with van der Waals surface area (Å²) in [4.78, 5) is 49.3. The summed E-state index contributed by atoms with van der Waals surface area (Å²) in [6.07, 6.45) is -7.61. The molecule has 2 aliphatic rings. The molecule has 0 radical (unpaired) electrons. The number of aromatic nitrogens is 1. The molecule has 2 atom stereocenters. The molecule has 2 aliphatic heterocycles. The molecule has 2 saturated heterocycles. The average molecular weight is 800 g/mol. The van der Waals surface area contributed by atoms with E-state index < -0.39 is 69.1 Å². The molecule has 18 heteroatoms. The molecule has 2 amide bonds. The van der Waals surface area contributed by atoms with Gasteiger partial charge in [-0.05, 0) is 43.5 Å². The fraction of sp³-hybridized carbons (Fsp3) is 0.486. The van der Waals surface area contributed by atoms with Crippen LogP contribution in [-0.2, 0) is 27.5 Å². The Morgan fingerprint density at radius 1 is 1.05 bits per heavy atom. The number of ether oxygens (including phenoxy) is 2. The molecule has 4 heterocycles. The number of carbonyl (C=O) groups excluding carboxylic acids is 2. The lowest BCUT2D eigenvalue weighted by Gasteiger charge is -2.50. The summed E-state index contributed by atoms with van der Waals surface area (Å²) in [5.41, 5.74) is -5.05. The number of hydrogen-bond donors (Lipinski definition) is 1. The Morgan fingerprint density at radius 2 is 1.78 bits per heavy atom. The summed E-state index contributed by atoms with van der Waals surface area (Å²) >= 11 is 0.339. The minimum absolute atomic E-state index is 0.00770. The Morgan fingerprint density at radius 3 is 2.40 bits per heavy atom. The molecule has 55 heavy (non-hydrogen) atoms. The van der Waals surface area contributed by atoms with Gasteiger partial charge in [0, 0.05) is 56.3 Å². The minimum Gasteiger partial charge on any atom is -0.493 e. The Hall–Kier alpha value is -4.92. The van der Waals surface area contributed by atoms with Gasteiger partial charge in [-0.1, -0.05) is 18.2 Å². The molecule has 10 nitrogen and oxygen atoms in total. The summed E-state index contributed by atoms with van der Waals surface area (Å²) in [6.45, 7) is 7.43. The van der Waals surface area contributed by atoms with E-state index in [0.29, 0.717) is 23.8 Å². The van der Waals surface area contributed by atoms with E-state index >= 15 is 0 Å². The number of halogens is 7. The Kier molecular flexibility index (Phi) is 12.3. The third-order valence-electron chi connectivity index (χ3n) is 9.92.